The molecule has 0 radical (unpaired) electrons. The fraction of sp³-hybridized carbons (Fsp3) is 0.0769. The lowest BCUT2D eigenvalue weighted by Gasteiger charge is -2.23. The van der Waals surface area contributed by atoms with E-state index in [-0.39, 0.29) is 0 Å². The van der Waals surface area contributed by atoms with Crippen LogP contribution in [0.25, 0.3) is 33.6 Å². The lowest BCUT2D eigenvalue weighted by Crippen LogP contribution is -2.25. The van der Waals surface area contributed by atoms with Gasteiger partial charge in [0.2, 0.25) is 11.6 Å². The van der Waals surface area contributed by atoms with Gasteiger partial charge in [-0.1, -0.05) is 60.7 Å². The van der Waals surface area contributed by atoms with Crippen molar-refractivity contribution in [1.82, 2.24) is 9.97 Å². The molecule has 4 heteroatoms. The highest BCUT2D eigenvalue weighted by atomic mass is 16.2. The topological polar surface area (TPSA) is 59.9 Å². The average Bonchev–Trinajstić information content (AvgIpc) is 2.78. The predicted octanol–water partition coefficient (Wildman–Crippen LogP) is 5.47. The van der Waals surface area contributed by atoms with Crippen LogP contribution in [-0.4, -0.2) is 21.5 Å². The van der Waals surface area contributed by atoms with Crippen molar-refractivity contribution in [2.45, 2.75) is 13.8 Å². The van der Waals surface area contributed by atoms with Gasteiger partial charge in [-0.15, -0.1) is 0 Å². The highest BCUT2D eigenvalue weighted by molar-refractivity contribution is 6.54. The minimum atomic E-state index is -0.530. The SMILES string of the molecule is Cc1cnc2c(c1-c1ccccc1)C(=O)C(=O)c1c-2ncc(C)c1-c1ccccc1. The van der Waals surface area contributed by atoms with Crippen LogP contribution in [0.4, 0.5) is 0 Å². The van der Waals surface area contributed by atoms with Gasteiger partial charge in [0, 0.05) is 12.4 Å². The van der Waals surface area contributed by atoms with Crippen molar-refractivity contribution < 1.29 is 9.59 Å². The van der Waals surface area contributed by atoms with Crippen LogP contribution in [0.3, 0.4) is 0 Å². The molecule has 1 aliphatic carbocycles. The second kappa shape index (κ2) is 6.85. The monoisotopic (exact) mass is 390 g/mol. The molecule has 4 nitrogen and oxygen atoms in total. The summed E-state index contributed by atoms with van der Waals surface area (Å²) in [7, 11) is 0. The number of nitrogens with zero attached hydrogens (tertiary/aromatic N) is 2. The van der Waals surface area contributed by atoms with Crippen molar-refractivity contribution in [3.63, 3.8) is 0 Å². The first-order valence-corrected chi connectivity index (χ1v) is 9.77. The van der Waals surface area contributed by atoms with E-state index in [2.05, 4.69) is 9.97 Å². The van der Waals surface area contributed by atoms with Crippen molar-refractivity contribution in [3.8, 4) is 33.6 Å². The van der Waals surface area contributed by atoms with E-state index in [1.54, 1.807) is 12.4 Å². The zero-order chi connectivity index (χ0) is 20.8. The summed E-state index contributed by atoms with van der Waals surface area (Å²) in [5.74, 6) is -1.06. The summed E-state index contributed by atoms with van der Waals surface area (Å²) in [5.41, 5.74) is 6.57. The Morgan fingerprint density at radius 3 is 1.27 bits per heavy atom. The number of aryl methyl sites for hydroxylation is 2. The molecule has 0 bridgehead atoms. The van der Waals surface area contributed by atoms with Gasteiger partial charge in [-0.25, -0.2) is 0 Å². The summed E-state index contributed by atoms with van der Waals surface area (Å²) in [6.07, 6.45) is 3.50. The number of fused-ring (bicyclic) bond motifs is 3. The normalized spacial score (nSPS) is 12.5. The number of hydrogen-bond donors (Lipinski definition) is 0. The van der Waals surface area contributed by atoms with Crippen LogP contribution < -0.4 is 0 Å². The Balaban J connectivity index is 1.87. The first kappa shape index (κ1) is 18.1. The lowest BCUT2D eigenvalue weighted by atomic mass is 9.80. The quantitative estimate of drug-likeness (QED) is 0.426. The molecule has 0 N–H and O–H groups in total. The lowest BCUT2D eigenvalue weighted by molar-refractivity contribution is 0.0815. The molecule has 5 rings (SSSR count). The van der Waals surface area contributed by atoms with Crippen LogP contribution in [0.1, 0.15) is 31.8 Å². The Morgan fingerprint density at radius 1 is 0.533 bits per heavy atom. The van der Waals surface area contributed by atoms with Gasteiger partial charge in [0.1, 0.15) is 11.4 Å². The molecule has 0 unspecified atom stereocenters. The number of Topliss-reactive ketones (excluding diaryl/α,β-unsaturated/α-hetero) is 2. The number of ketones is 2. The Bertz CT molecular complexity index is 1220. The number of carbonyl (C=O) groups excluding carboxylic acids is 2. The summed E-state index contributed by atoms with van der Waals surface area (Å²) in [4.78, 5) is 35.9. The van der Waals surface area contributed by atoms with Gasteiger partial charge in [0.05, 0.1) is 11.1 Å². The zero-order valence-electron chi connectivity index (χ0n) is 16.6. The predicted molar refractivity (Wildman–Crippen MR) is 116 cm³/mol. The van der Waals surface area contributed by atoms with Gasteiger partial charge < -0.3 is 0 Å². The molecule has 4 aromatic rings. The number of pyridine rings is 2. The van der Waals surface area contributed by atoms with Crippen molar-refractivity contribution in [2.75, 3.05) is 0 Å². The number of hydrogen-bond acceptors (Lipinski definition) is 4. The van der Waals surface area contributed by atoms with Crippen molar-refractivity contribution in [2.24, 2.45) is 0 Å². The number of aromatic nitrogens is 2. The van der Waals surface area contributed by atoms with Crippen molar-refractivity contribution in [1.29, 1.82) is 0 Å². The summed E-state index contributed by atoms with van der Waals surface area (Å²) in [6.45, 7) is 3.81. The highest BCUT2D eigenvalue weighted by Crippen LogP contribution is 2.42. The summed E-state index contributed by atoms with van der Waals surface area (Å²) < 4.78 is 0. The van der Waals surface area contributed by atoms with Gasteiger partial charge in [0.15, 0.2) is 0 Å². The Morgan fingerprint density at radius 2 is 0.900 bits per heavy atom. The van der Waals surface area contributed by atoms with E-state index in [0.717, 1.165) is 33.4 Å². The van der Waals surface area contributed by atoms with E-state index in [1.165, 1.54) is 0 Å². The number of carbonyl (C=O) groups is 2. The smallest absolute Gasteiger partial charge is 0.236 e. The van der Waals surface area contributed by atoms with Crippen LogP contribution in [0.15, 0.2) is 73.1 Å². The standard InChI is InChI=1S/C26H18N2O2/c1-15-13-27-23-21(19(15)17-9-5-3-6-10-17)25(29)26(30)22-20(16(2)14-28-24(22)23)18-11-7-4-8-12-18/h3-14H,1-2H3. The maximum atomic E-state index is 13.4. The Hall–Kier alpha value is -3.92. The number of benzene rings is 2. The van der Waals surface area contributed by atoms with Crippen LogP contribution in [0.5, 0.6) is 0 Å². The maximum absolute atomic E-state index is 13.4. The third kappa shape index (κ3) is 2.61. The molecule has 0 atom stereocenters. The molecular formula is C26H18N2O2. The second-order valence-electron chi connectivity index (χ2n) is 7.47. The van der Waals surface area contributed by atoms with Crippen LogP contribution in [0.2, 0.25) is 0 Å². The van der Waals surface area contributed by atoms with Gasteiger partial charge in [-0.2, -0.15) is 0 Å². The van der Waals surface area contributed by atoms with E-state index < -0.39 is 11.6 Å². The molecule has 0 spiro atoms. The first-order chi connectivity index (χ1) is 14.6. The molecule has 2 aromatic heterocycles. The minimum Gasteiger partial charge on any atom is -0.285 e. The molecule has 0 aliphatic heterocycles. The molecular weight excluding hydrogens is 372 g/mol. The molecule has 0 saturated carbocycles. The van der Waals surface area contributed by atoms with Gasteiger partial charge >= 0.3 is 0 Å². The van der Waals surface area contributed by atoms with E-state index in [0.29, 0.717) is 22.5 Å². The largest absolute Gasteiger partial charge is 0.285 e. The zero-order valence-corrected chi connectivity index (χ0v) is 16.6. The van der Waals surface area contributed by atoms with Crippen molar-refractivity contribution >= 4 is 11.6 Å². The molecule has 30 heavy (non-hydrogen) atoms. The van der Waals surface area contributed by atoms with E-state index in [1.807, 2.05) is 74.5 Å². The average molecular weight is 390 g/mol. The van der Waals surface area contributed by atoms with E-state index >= 15 is 0 Å². The van der Waals surface area contributed by atoms with E-state index in [4.69, 9.17) is 0 Å². The Kier molecular flexibility index (Phi) is 4.14. The molecule has 2 aromatic carbocycles. The Labute approximate surface area is 174 Å². The van der Waals surface area contributed by atoms with E-state index in [9.17, 15) is 9.59 Å². The first-order valence-electron chi connectivity index (χ1n) is 9.77. The highest BCUT2D eigenvalue weighted by Gasteiger charge is 2.37. The molecule has 2 heterocycles. The molecule has 1 aliphatic rings. The fourth-order valence-corrected chi connectivity index (χ4v) is 4.19. The summed E-state index contributed by atoms with van der Waals surface area (Å²) >= 11 is 0. The second-order valence-corrected chi connectivity index (χ2v) is 7.47. The third-order valence-corrected chi connectivity index (χ3v) is 5.55. The van der Waals surface area contributed by atoms with Gasteiger partial charge in [0.25, 0.3) is 0 Å². The molecule has 0 saturated heterocycles. The van der Waals surface area contributed by atoms with Crippen molar-refractivity contribution in [3.05, 3.63) is 95.3 Å². The van der Waals surface area contributed by atoms with Crippen LogP contribution in [-0.2, 0) is 0 Å². The minimum absolute atomic E-state index is 0.342. The van der Waals surface area contributed by atoms with Crippen LogP contribution >= 0.6 is 0 Å². The van der Waals surface area contributed by atoms with Gasteiger partial charge in [-0.05, 0) is 47.2 Å². The fourth-order valence-electron chi connectivity index (χ4n) is 4.19. The number of rotatable bonds is 2. The third-order valence-electron chi connectivity index (χ3n) is 5.55. The maximum Gasteiger partial charge on any atom is 0.236 e. The van der Waals surface area contributed by atoms with Crippen LogP contribution in [0, 0.1) is 13.8 Å². The summed E-state index contributed by atoms with van der Waals surface area (Å²) in [5, 5.41) is 0. The summed E-state index contributed by atoms with van der Waals surface area (Å²) in [6, 6.07) is 19.3. The van der Waals surface area contributed by atoms with Gasteiger partial charge in [-0.3, -0.25) is 19.6 Å². The molecule has 0 amide bonds. The molecule has 144 valence electrons. The molecule has 0 fully saturated rings.